The molecule has 0 spiro atoms. The van der Waals surface area contributed by atoms with Crippen LogP contribution in [0.3, 0.4) is 0 Å². The number of hydrogen-bond acceptors (Lipinski definition) is 8. The molecule has 3 aromatic rings. The predicted molar refractivity (Wildman–Crippen MR) is 117 cm³/mol. The monoisotopic (exact) mass is 486 g/mol. The van der Waals surface area contributed by atoms with Gasteiger partial charge in [-0.3, -0.25) is 5.01 Å². The van der Waals surface area contributed by atoms with E-state index in [2.05, 4.69) is 15.1 Å². The topological polar surface area (TPSA) is 88.7 Å². The van der Waals surface area contributed by atoms with Crippen LogP contribution >= 0.6 is 11.8 Å². The fourth-order valence-corrected chi connectivity index (χ4v) is 4.46. The number of sulfone groups is 1. The summed E-state index contributed by atoms with van der Waals surface area (Å²) in [6.45, 7) is 6.77. The summed E-state index contributed by atoms with van der Waals surface area (Å²) in [5.41, 5.74) is -3.57. The van der Waals surface area contributed by atoms with Crippen LogP contribution in [0, 0.1) is 0 Å². The molecule has 0 aliphatic carbocycles. The molecule has 172 valence electrons. The van der Waals surface area contributed by atoms with E-state index >= 15 is 0 Å². The number of aromatic nitrogens is 2. The van der Waals surface area contributed by atoms with E-state index in [1.807, 2.05) is 13.8 Å². The fraction of sp³-hybridized carbons (Fsp3) is 0.350. The maximum atomic E-state index is 12.7. The molecule has 0 radical (unpaired) electrons. The van der Waals surface area contributed by atoms with E-state index in [0.717, 1.165) is 0 Å². The van der Waals surface area contributed by atoms with Gasteiger partial charge in [0, 0.05) is 29.7 Å². The van der Waals surface area contributed by atoms with Crippen molar-refractivity contribution in [3.63, 3.8) is 0 Å². The SMILES string of the molecule is CCN(CC)/N=C/c1cnc(-c2nc3cc(SC(F)(F)F)ccc3o2)c(S(=O)(=O)CC)c1. The zero-order valence-electron chi connectivity index (χ0n) is 17.5. The maximum absolute atomic E-state index is 12.7. The Morgan fingerprint density at radius 2 is 1.91 bits per heavy atom. The van der Waals surface area contributed by atoms with Gasteiger partial charge in [-0.15, -0.1) is 0 Å². The minimum absolute atomic E-state index is 0.00642. The van der Waals surface area contributed by atoms with E-state index in [4.69, 9.17) is 4.42 Å². The highest BCUT2D eigenvalue weighted by molar-refractivity contribution is 8.00. The molecule has 0 atom stereocenters. The lowest BCUT2D eigenvalue weighted by molar-refractivity contribution is -0.0328. The van der Waals surface area contributed by atoms with Crippen molar-refractivity contribution in [1.82, 2.24) is 15.0 Å². The van der Waals surface area contributed by atoms with E-state index in [0.29, 0.717) is 18.7 Å². The summed E-state index contributed by atoms with van der Waals surface area (Å²) in [5.74, 6) is -0.265. The van der Waals surface area contributed by atoms with Gasteiger partial charge in [-0.05, 0) is 49.9 Å². The molecule has 0 unspecified atom stereocenters. The Hall–Kier alpha value is -2.60. The Labute approximate surface area is 187 Å². The van der Waals surface area contributed by atoms with Crippen molar-refractivity contribution in [2.45, 2.75) is 36.1 Å². The molecule has 0 aliphatic heterocycles. The fourth-order valence-electron chi connectivity index (χ4n) is 2.82. The first-order valence-corrected chi connectivity index (χ1v) is 12.2. The van der Waals surface area contributed by atoms with Crippen LogP contribution in [-0.4, -0.2) is 54.0 Å². The van der Waals surface area contributed by atoms with E-state index < -0.39 is 15.3 Å². The van der Waals surface area contributed by atoms with E-state index in [1.54, 1.807) is 5.01 Å². The second-order valence-electron chi connectivity index (χ2n) is 6.60. The Kier molecular flexibility index (Phi) is 7.13. The summed E-state index contributed by atoms with van der Waals surface area (Å²) in [4.78, 5) is 8.30. The van der Waals surface area contributed by atoms with Crippen LogP contribution < -0.4 is 0 Å². The lowest BCUT2D eigenvalue weighted by atomic mass is 10.2. The van der Waals surface area contributed by atoms with Crippen LogP contribution in [0.2, 0.25) is 0 Å². The van der Waals surface area contributed by atoms with Gasteiger partial charge in [0.05, 0.1) is 16.9 Å². The van der Waals surface area contributed by atoms with E-state index in [-0.39, 0.29) is 50.0 Å². The third-order valence-corrected chi connectivity index (χ3v) is 6.95. The van der Waals surface area contributed by atoms with Gasteiger partial charge >= 0.3 is 5.51 Å². The number of hydrogen-bond donors (Lipinski definition) is 0. The van der Waals surface area contributed by atoms with Crippen LogP contribution in [0.5, 0.6) is 0 Å². The summed E-state index contributed by atoms with van der Waals surface area (Å²) in [5, 5.41) is 6.09. The number of alkyl halides is 3. The number of pyridine rings is 1. The van der Waals surface area contributed by atoms with Crippen LogP contribution in [0.4, 0.5) is 13.2 Å². The summed E-state index contributed by atoms with van der Waals surface area (Å²) in [7, 11) is -3.71. The van der Waals surface area contributed by atoms with Crippen molar-refractivity contribution < 1.29 is 26.0 Å². The molecule has 12 heteroatoms. The maximum Gasteiger partial charge on any atom is 0.446 e. The van der Waals surface area contributed by atoms with Crippen LogP contribution in [-0.2, 0) is 9.84 Å². The van der Waals surface area contributed by atoms with Gasteiger partial charge in [-0.25, -0.2) is 18.4 Å². The first kappa shape index (κ1) is 24.1. The Balaban J connectivity index is 2.07. The molecule has 2 aromatic heterocycles. The molecular formula is C20H21F3N4O3S2. The van der Waals surface area contributed by atoms with Crippen molar-refractivity contribution >= 4 is 38.9 Å². The second-order valence-corrected chi connectivity index (χ2v) is 9.98. The number of rotatable bonds is 8. The van der Waals surface area contributed by atoms with Gasteiger partial charge < -0.3 is 4.42 Å². The highest BCUT2D eigenvalue weighted by Crippen LogP contribution is 2.38. The molecule has 0 amide bonds. The van der Waals surface area contributed by atoms with Gasteiger partial charge in [-0.1, -0.05) is 6.92 Å². The summed E-state index contributed by atoms with van der Waals surface area (Å²) < 4.78 is 69.1. The highest BCUT2D eigenvalue weighted by atomic mass is 32.2. The zero-order chi connectivity index (χ0) is 23.5. The average Bonchev–Trinajstić information content (AvgIpc) is 3.16. The summed E-state index contributed by atoms with van der Waals surface area (Å²) in [6.07, 6.45) is 2.96. The summed E-state index contributed by atoms with van der Waals surface area (Å²) in [6, 6.07) is 5.30. The molecule has 0 N–H and O–H groups in total. The molecule has 3 rings (SSSR count). The molecule has 2 heterocycles. The largest absolute Gasteiger partial charge is 0.446 e. The van der Waals surface area contributed by atoms with Gasteiger partial charge in [0.1, 0.15) is 11.2 Å². The van der Waals surface area contributed by atoms with Gasteiger partial charge in [0.2, 0.25) is 5.89 Å². The molecule has 0 saturated carbocycles. The predicted octanol–water partition coefficient (Wildman–Crippen LogP) is 4.97. The van der Waals surface area contributed by atoms with Gasteiger partial charge in [0.25, 0.3) is 0 Å². The third-order valence-electron chi connectivity index (χ3n) is 4.48. The summed E-state index contributed by atoms with van der Waals surface area (Å²) >= 11 is -0.267. The smallest absolute Gasteiger partial charge is 0.435 e. The molecular weight excluding hydrogens is 465 g/mol. The zero-order valence-corrected chi connectivity index (χ0v) is 19.2. The number of nitrogens with zero attached hydrogens (tertiary/aromatic N) is 4. The van der Waals surface area contributed by atoms with Crippen molar-refractivity contribution in [2.75, 3.05) is 18.8 Å². The highest BCUT2D eigenvalue weighted by Gasteiger charge is 2.29. The Morgan fingerprint density at radius 3 is 2.53 bits per heavy atom. The first-order valence-electron chi connectivity index (χ1n) is 9.74. The van der Waals surface area contributed by atoms with Crippen LogP contribution in [0.15, 0.2) is 49.8 Å². The van der Waals surface area contributed by atoms with Crippen molar-refractivity contribution in [3.05, 3.63) is 36.0 Å². The quantitative estimate of drug-likeness (QED) is 0.252. The Morgan fingerprint density at radius 1 is 1.19 bits per heavy atom. The minimum Gasteiger partial charge on any atom is -0.435 e. The lowest BCUT2D eigenvalue weighted by Gasteiger charge is -2.13. The van der Waals surface area contributed by atoms with Crippen LogP contribution in [0.1, 0.15) is 26.3 Å². The van der Waals surface area contributed by atoms with Crippen LogP contribution in [0.25, 0.3) is 22.7 Å². The molecule has 0 bridgehead atoms. The number of halogens is 3. The number of oxazole rings is 1. The van der Waals surface area contributed by atoms with Gasteiger partial charge in [-0.2, -0.15) is 18.3 Å². The van der Waals surface area contributed by atoms with Gasteiger partial charge in [0.15, 0.2) is 15.4 Å². The van der Waals surface area contributed by atoms with Crippen molar-refractivity contribution in [1.29, 1.82) is 0 Å². The number of fused-ring (bicyclic) bond motifs is 1. The molecule has 32 heavy (non-hydrogen) atoms. The lowest BCUT2D eigenvalue weighted by Crippen LogP contribution is -2.16. The number of hydrazone groups is 1. The van der Waals surface area contributed by atoms with Crippen molar-refractivity contribution in [3.8, 4) is 11.6 Å². The average molecular weight is 487 g/mol. The minimum atomic E-state index is -4.44. The van der Waals surface area contributed by atoms with Crippen molar-refractivity contribution in [2.24, 2.45) is 5.10 Å². The molecule has 1 aromatic carbocycles. The molecule has 0 fully saturated rings. The number of benzene rings is 1. The standard InChI is InChI=1S/C20H21F3N4O3S2/c1-4-27(5-2)25-12-13-9-17(32(28,29)6-3)18(24-11-13)19-26-15-10-14(31-20(21,22)23)7-8-16(15)30-19/h7-12H,4-6H2,1-3H3/b25-12+. The second kappa shape index (κ2) is 9.49. The Bertz CT molecular complexity index is 1240. The molecule has 0 saturated heterocycles. The molecule has 0 aliphatic rings. The van der Waals surface area contributed by atoms with E-state index in [9.17, 15) is 21.6 Å². The normalized spacial score (nSPS) is 12.7. The first-order chi connectivity index (χ1) is 15.1. The number of thioether (sulfide) groups is 1. The third kappa shape index (κ3) is 5.60. The molecule has 7 nitrogen and oxygen atoms in total. The van der Waals surface area contributed by atoms with E-state index in [1.165, 1.54) is 43.6 Å².